The van der Waals surface area contributed by atoms with Gasteiger partial charge in [0.1, 0.15) is 12.4 Å². The van der Waals surface area contributed by atoms with Gasteiger partial charge in [-0.15, -0.1) is 0 Å². The van der Waals surface area contributed by atoms with Gasteiger partial charge in [-0.2, -0.15) is 0 Å². The van der Waals surface area contributed by atoms with E-state index >= 15 is 0 Å². The molecule has 0 heterocycles. The van der Waals surface area contributed by atoms with Gasteiger partial charge in [0.2, 0.25) is 5.91 Å². The summed E-state index contributed by atoms with van der Waals surface area (Å²) in [6.45, 7) is 0.618. The van der Waals surface area contributed by atoms with Crippen LogP contribution in [-0.2, 0) is 9.59 Å². The number of amides is 1. The normalized spacial score (nSPS) is 9.83. The van der Waals surface area contributed by atoms with Gasteiger partial charge >= 0.3 is 0 Å². The molecule has 0 aliphatic heterocycles. The summed E-state index contributed by atoms with van der Waals surface area (Å²) in [7, 11) is 0. The Bertz CT molecular complexity index is 405. The Balaban J connectivity index is 2.13. The molecule has 0 fully saturated rings. The number of halogens is 1. The number of carbonyl (C=O) groups excluding carboxylic acids is 2. The van der Waals surface area contributed by atoms with Gasteiger partial charge in [-0.05, 0) is 30.7 Å². The topological polar surface area (TPSA) is 78.5 Å². The molecule has 5 nitrogen and oxygen atoms in total. The van der Waals surface area contributed by atoms with E-state index < -0.39 is 5.97 Å². The van der Waals surface area contributed by atoms with Crippen LogP contribution in [0.4, 0.5) is 0 Å². The predicted molar refractivity (Wildman–Crippen MR) is 64.2 cm³/mol. The fourth-order valence-electron chi connectivity index (χ4n) is 1.19. The minimum absolute atomic E-state index is 0.0801. The first-order valence-corrected chi connectivity index (χ1v) is 5.80. The highest BCUT2D eigenvalue weighted by atomic mass is 35.5. The summed E-state index contributed by atoms with van der Waals surface area (Å²) in [5.74, 6) is -0.912. The number of benzene rings is 1. The maximum atomic E-state index is 11.1. The molecule has 98 valence electrons. The van der Waals surface area contributed by atoms with Crippen molar-refractivity contribution in [2.75, 3.05) is 13.2 Å². The highest BCUT2D eigenvalue weighted by Crippen LogP contribution is 2.14. The van der Waals surface area contributed by atoms with Crippen molar-refractivity contribution in [2.45, 2.75) is 12.8 Å². The van der Waals surface area contributed by atoms with E-state index in [9.17, 15) is 14.7 Å². The second-order valence-corrected chi connectivity index (χ2v) is 3.96. The highest BCUT2D eigenvalue weighted by Gasteiger charge is 2.00. The third-order valence-corrected chi connectivity index (χ3v) is 2.31. The number of aliphatic carboxylic acids is 1. The minimum atomic E-state index is -1.23. The van der Waals surface area contributed by atoms with Crippen LogP contribution in [0.15, 0.2) is 24.3 Å². The molecule has 6 heteroatoms. The van der Waals surface area contributed by atoms with E-state index in [1.54, 1.807) is 24.3 Å². The van der Waals surface area contributed by atoms with Gasteiger partial charge in [-0.1, -0.05) is 11.6 Å². The second-order valence-electron chi connectivity index (χ2n) is 3.52. The first-order chi connectivity index (χ1) is 8.58. The first kappa shape index (κ1) is 14.3. The number of nitrogens with one attached hydrogen (secondary N) is 1. The van der Waals surface area contributed by atoms with Gasteiger partial charge in [0, 0.05) is 17.4 Å². The summed E-state index contributed by atoms with van der Waals surface area (Å²) in [5.41, 5.74) is 0. The zero-order valence-corrected chi connectivity index (χ0v) is 10.4. The maximum absolute atomic E-state index is 11.1. The number of carbonyl (C=O) groups is 2. The third-order valence-electron chi connectivity index (χ3n) is 2.06. The molecule has 0 spiro atoms. The molecular weight excluding hydrogens is 258 g/mol. The standard InChI is InChI=1S/C12H14ClNO4/c13-9-1-3-10(4-2-9)18-8-7-14-11(15)5-6-12(16)17/h1-4H,5-8H2,(H,14,15)(H,16,17)/p-1. The van der Waals surface area contributed by atoms with Crippen LogP contribution in [0.5, 0.6) is 5.75 Å². The van der Waals surface area contributed by atoms with Gasteiger partial charge in [0.05, 0.1) is 6.54 Å². The van der Waals surface area contributed by atoms with Crippen LogP contribution >= 0.6 is 11.6 Å². The Morgan fingerprint density at radius 2 is 1.89 bits per heavy atom. The fraction of sp³-hybridized carbons (Fsp3) is 0.333. The van der Waals surface area contributed by atoms with Gasteiger partial charge in [0.15, 0.2) is 0 Å². The Morgan fingerprint density at radius 3 is 2.50 bits per heavy atom. The molecule has 1 aromatic rings. The molecule has 0 saturated carbocycles. The van der Waals surface area contributed by atoms with E-state index in [0.29, 0.717) is 23.9 Å². The number of carboxylic acids is 1. The third kappa shape index (κ3) is 6.10. The summed E-state index contributed by atoms with van der Waals surface area (Å²) >= 11 is 5.71. The summed E-state index contributed by atoms with van der Waals surface area (Å²) in [6.07, 6.45) is -0.354. The van der Waals surface area contributed by atoms with Crippen LogP contribution in [0.2, 0.25) is 5.02 Å². The van der Waals surface area contributed by atoms with Crippen LogP contribution in [0, 0.1) is 0 Å². The minimum Gasteiger partial charge on any atom is -0.550 e. The van der Waals surface area contributed by atoms with E-state index in [1.807, 2.05) is 0 Å². The van der Waals surface area contributed by atoms with Crippen molar-refractivity contribution in [1.29, 1.82) is 0 Å². The lowest BCUT2D eigenvalue weighted by Gasteiger charge is -2.08. The Hall–Kier alpha value is -1.75. The van der Waals surface area contributed by atoms with Crippen molar-refractivity contribution in [3.05, 3.63) is 29.3 Å². The van der Waals surface area contributed by atoms with Crippen molar-refractivity contribution in [3.63, 3.8) is 0 Å². The SMILES string of the molecule is O=C([O-])CCC(=O)NCCOc1ccc(Cl)cc1. The molecule has 0 saturated heterocycles. The van der Waals surface area contributed by atoms with Gasteiger partial charge in [0.25, 0.3) is 0 Å². The number of hydrogen-bond donors (Lipinski definition) is 1. The molecule has 1 N–H and O–H groups in total. The number of ether oxygens (including phenoxy) is 1. The lowest BCUT2D eigenvalue weighted by molar-refractivity contribution is -0.305. The van der Waals surface area contributed by atoms with E-state index in [4.69, 9.17) is 16.3 Å². The number of hydrogen-bond acceptors (Lipinski definition) is 4. The second kappa shape index (κ2) is 7.55. The number of carboxylic acid groups (broad SMARTS) is 1. The molecule has 0 aromatic heterocycles. The van der Waals surface area contributed by atoms with Gasteiger partial charge in [-0.25, -0.2) is 0 Å². The Kier molecular flexibility index (Phi) is 6.00. The maximum Gasteiger partial charge on any atom is 0.220 e. The quantitative estimate of drug-likeness (QED) is 0.726. The predicted octanol–water partition coefficient (Wildman–Crippen LogP) is 0.365. The fourth-order valence-corrected chi connectivity index (χ4v) is 1.32. The molecule has 18 heavy (non-hydrogen) atoms. The smallest absolute Gasteiger partial charge is 0.220 e. The molecule has 1 aromatic carbocycles. The zero-order valence-electron chi connectivity index (χ0n) is 9.65. The van der Waals surface area contributed by atoms with Crippen LogP contribution in [0.1, 0.15) is 12.8 Å². The monoisotopic (exact) mass is 270 g/mol. The number of rotatable bonds is 7. The van der Waals surface area contributed by atoms with E-state index in [0.717, 1.165) is 0 Å². The molecular formula is C12H13ClNO4-. The average molecular weight is 271 g/mol. The summed E-state index contributed by atoms with van der Waals surface area (Å²) in [5, 5.41) is 13.3. The average Bonchev–Trinajstić information content (AvgIpc) is 2.34. The van der Waals surface area contributed by atoms with E-state index in [-0.39, 0.29) is 18.7 Å². The van der Waals surface area contributed by atoms with E-state index in [1.165, 1.54) is 0 Å². The Morgan fingerprint density at radius 1 is 1.22 bits per heavy atom. The van der Waals surface area contributed by atoms with Crippen molar-refractivity contribution in [2.24, 2.45) is 0 Å². The largest absolute Gasteiger partial charge is 0.550 e. The summed E-state index contributed by atoms with van der Waals surface area (Å²) < 4.78 is 5.33. The van der Waals surface area contributed by atoms with Crippen LogP contribution < -0.4 is 15.2 Å². The van der Waals surface area contributed by atoms with Crippen molar-refractivity contribution in [1.82, 2.24) is 5.32 Å². The van der Waals surface area contributed by atoms with Crippen molar-refractivity contribution >= 4 is 23.5 Å². The molecule has 0 bridgehead atoms. The summed E-state index contributed by atoms with van der Waals surface area (Å²) in [4.78, 5) is 21.2. The molecule has 1 rings (SSSR count). The van der Waals surface area contributed by atoms with Gasteiger partial charge in [-0.3, -0.25) is 4.79 Å². The lowest BCUT2D eigenvalue weighted by Crippen LogP contribution is -2.30. The molecule has 1 amide bonds. The highest BCUT2D eigenvalue weighted by molar-refractivity contribution is 6.30. The zero-order chi connectivity index (χ0) is 13.4. The summed E-state index contributed by atoms with van der Waals surface area (Å²) in [6, 6.07) is 6.85. The van der Waals surface area contributed by atoms with E-state index in [2.05, 4.69) is 5.32 Å². The molecule has 0 unspecified atom stereocenters. The molecule has 0 atom stereocenters. The van der Waals surface area contributed by atoms with Gasteiger partial charge < -0.3 is 20.0 Å². The molecule has 0 aliphatic rings. The Labute approximate surface area is 110 Å². The molecule has 0 aliphatic carbocycles. The van der Waals surface area contributed by atoms with Crippen LogP contribution in [0.25, 0.3) is 0 Å². The van der Waals surface area contributed by atoms with Crippen LogP contribution in [-0.4, -0.2) is 25.0 Å². The van der Waals surface area contributed by atoms with Crippen LogP contribution in [0.3, 0.4) is 0 Å². The lowest BCUT2D eigenvalue weighted by atomic mass is 10.3. The van der Waals surface area contributed by atoms with Crippen molar-refractivity contribution in [3.8, 4) is 5.75 Å². The molecule has 0 radical (unpaired) electrons. The first-order valence-electron chi connectivity index (χ1n) is 5.43. The van der Waals surface area contributed by atoms with Crippen molar-refractivity contribution < 1.29 is 19.4 Å².